The summed E-state index contributed by atoms with van der Waals surface area (Å²) in [5.41, 5.74) is 0. The highest BCUT2D eigenvalue weighted by atomic mass is 32.2. The molecule has 0 unspecified atom stereocenters. The van der Waals surface area contributed by atoms with Gasteiger partial charge in [0.1, 0.15) is 0 Å². The highest BCUT2D eigenvalue weighted by Crippen LogP contribution is 2.10. The molecule has 0 aromatic rings. The molecule has 4 heteroatoms. The van der Waals surface area contributed by atoms with E-state index in [0.717, 1.165) is 25.6 Å². The number of rotatable bonds is 2. The zero-order chi connectivity index (χ0) is 6.53. The quantitative estimate of drug-likeness (QED) is 0.556. The van der Waals surface area contributed by atoms with Gasteiger partial charge >= 0.3 is 0 Å². The molecule has 1 rings (SSSR count). The summed E-state index contributed by atoms with van der Waals surface area (Å²) in [6, 6.07) is 0. The molecule has 0 atom stereocenters. The fraction of sp³-hybridized carbons (Fsp3) is 1.00. The summed E-state index contributed by atoms with van der Waals surface area (Å²) in [5, 5.41) is 8.53. The Morgan fingerprint density at radius 1 is 1.67 bits per heavy atom. The Hall–Kier alpha value is 0.230. The van der Waals surface area contributed by atoms with Crippen LogP contribution in [0.5, 0.6) is 0 Å². The van der Waals surface area contributed by atoms with Crippen LogP contribution in [0.15, 0.2) is 0 Å². The molecule has 0 aromatic heterocycles. The highest BCUT2D eigenvalue weighted by Gasteiger charge is 2.08. The molecule has 0 saturated carbocycles. The molecule has 54 valence electrons. The van der Waals surface area contributed by atoms with E-state index in [1.54, 1.807) is 0 Å². The van der Waals surface area contributed by atoms with Crippen molar-refractivity contribution in [2.45, 2.75) is 0 Å². The Labute approximate surface area is 59.2 Å². The fourth-order valence-electron chi connectivity index (χ4n) is 0.719. The summed E-state index contributed by atoms with van der Waals surface area (Å²) in [4.78, 5) is 2.16. The minimum Gasteiger partial charge on any atom is -0.395 e. The normalized spacial score (nSPS) is 22.3. The molecule has 0 bridgehead atoms. The maximum absolute atomic E-state index is 8.53. The van der Waals surface area contributed by atoms with Gasteiger partial charge in [0.2, 0.25) is 0 Å². The van der Waals surface area contributed by atoms with Gasteiger partial charge in [0.05, 0.1) is 19.1 Å². The lowest BCUT2D eigenvalue weighted by Gasteiger charge is -2.24. The number of hydrogen-bond acceptors (Lipinski definition) is 4. The summed E-state index contributed by atoms with van der Waals surface area (Å²) >= 11 is 1.46. The van der Waals surface area contributed by atoms with Crippen molar-refractivity contribution < 1.29 is 9.29 Å². The van der Waals surface area contributed by atoms with Gasteiger partial charge in [-0.3, -0.25) is 4.90 Å². The maximum Gasteiger partial charge on any atom is 0.0742 e. The zero-order valence-corrected chi connectivity index (χ0v) is 6.06. The summed E-state index contributed by atoms with van der Waals surface area (Å²) in [6.45, 7) is 2.76. The molecule has 0 spiro atoms. The molecular formula is C5H11NO2S. The van der Waals surface area contributed by atoms with Crippen LogP contribution in [-0.2, 0) is 4.18 Å². The number of β-amino-alcohol motifs (C(OH)–C–C–N with tert-alkyl or cyclic N) is 1. The molecule has 0 aliphatic carbocycles. The Kier molecular flexibility index (Phi) is 3.35. The Morgan fingerprint density at radius 3 is 3.11 bits per heavy atom. The Bertz CT molecular complexity index is 72.6. The molecule has 3 nitrogen and oxygen atoms in total. The number of aliphatic hydroxyl groups excluding tert-OH is 1. The monoisotopic (exact) mass is 149 g/mol. The van der Waals surface area contributed by atoms with Gasteiger partial charge in [-0.2, -0.15) is 0 Å². The van der Waals surface area contributed by atoms with Crippen molar-refractivity contribution in [2.75, 3.05) is 32.2 Å². The molecule has 0 amide bonds. The topological polar surface area (TPSA) is 32.7 Å². The predicted molar refractivity (Wildman–Crippen MR) is 37.1 cm³/mol. The van der Waals surface area contributed by atoms with Crippen molar-refractivity contribution in [3.05, 3.63) is 0 Å². The van der Waals surface area contributed by atoms with E-state index >= 15 is 0 Å². The molecule has 1 fully saturated rings. The van der Waals surface area contributed by atoms with Crippen LogP contribution >= 0.6 is 12.0 Å². The van der Waals surface area contributed by atoms with Crippen LogP contribution in [-0.4, -0.2) is 42.2 Å². The maximum atomic E-state index is 8.53. The van der Waals surface area contributed by atoms with Crippen LogP contribution in [0.3, 0.4) is 0 Å². The average molecular weight is 149 g/mol. The van der Waals surface area contributed by atoms with Gasteiger partial charge in [-0.05, 0) is 0 Å². The zero-order valence-electron chi connectivity index (χ0n) is 5.25. The highest BCUT2D eigenvalue weighted by molar-refractivity contribution is 7.94. The number of aliphatic hydroxyl groups is 1. The molecule has 1 heterocycles. The first-order chi connectivity index (χ1) is 4.43. The van der Waals surface area contributed by atoms with Crippen LogP contribution in [0.2, 0.25) is 0 Å². The van der Waals surface area contributed by atoms with Crippen molar-refractivity contribution >= 4 is 12.0 Å². The van der Waals surface area contributed by atoms with E-state index in [1.165, 1.54) is 12.0 Å². The fourth-order valence-corrected chi connectivity index (χ4v) is 1.39. The molecule has 9 heavy (non-hydrogen) atoms. The third-order valence-electron chi connectivity index (χ3n) is 1.23. The average Bonchev–Trinajstić information content (AvgIpc) is 1.91. The minimum absolute atomic E-state index is 0.251. The smallest absolute Gasteiger partial charge is 0.0742 e. The SMILES string of the molecule is OCCN1CCOSC1. The Morgan fingerprint density at radius 2 is 2.56 bits per heavy atom. The standard InChI is InChI=1S/C5H11NO2S/c7-3-1-6-2-4-8-9-5-6/h7H,1-5H2. The van der Waals surface area contributed by atoms with Gasteiger partial charge < -0.3 is 9.29 Å². The van der Waals surface area contributed by atoms with E-state index in [0.29, 0.717) is 0 Å². The van der Waals surface area contributed by atoms with E-state index < -0.39 is 0 Å². The molecule has 0 radical (unpaired) electrons. The first kappa shape index (κ1) is 7.34. The van der Waals surface area contributed by atoms with Crippen molar-refractivity contribution in [3.63, 3.8) is 0 Å². The van der Waals surface area contributed by atoms with Crippen LogP contribution in [0.25, 0.3) is 0 Å². The Balaban J connectivity index is 2.08. The molecule has 1 aliphatic rings. The van der Waals surface area contributed by atoms with E-state index in [4.69, 9.17) is 9.29 Å². The van der Waals surface area contributed by atoms with Gasteiger partial charge in [0, 0.05) is 25.1 Å². The van der Waals surface area contributed by atoms with Gasteiger partial charge in [0.15, 0.2) is 0 Å². The molecule has 0 aromatic carbocycles. The van der Waals surface area contributed by atoms with E-state index in [9.17, 15) is 0 Å². The lowest BCUT2D eigenvalue weighted by Crippen LogP contribution is -2.32. The molecular weight excluding hydrogens is 138 g/mol. The van der Waals surface area contributed by atoms with Crippen molar-refractivity contribution in [2.24, 2.45) is 0 Å². The third-order valence-corrected chi connectivity index (χ3v) is 2.03. The second kappa shape index (κ2) is 4.11. The lowest BCUT2D eigenvalue weighted by molar-refractivity contribution is 0.177. The van der Waals surface area contributed by atoms with Crippen molar-refractivity contribution in [1.82, 2.24) is 4.90 Å². The number of nitrogens with zero attached hydrogens (tertiary/aromatic N) is 1. The number of hydrogen-bond donors (Lipinski definition) is 1. The van der Waals surface area contributed by atoms with E-state index in [-0.39, 0.29) is 6.61 Å². The van der Waals surface area contributed by atoms with Crippen LogP contribution in [0, 0.1) is 0 Å². The summed E-state index contributed by atoms with van der Waals surface area (Å²) in [7, 11) is 0. The van der Waals surface area contributed by atoms with Crippen LogP contribution < -0.4 is 0 Å². The summed E-state index contributed by atoms with van der Waals surface area (Å²) in [6.07, 6.45) is 0. The summed E-state index contributed by atoms with van der Waals surface area (Å²) in [5.74, 6) is 0.889. The van der Waals surface area contributed by atoms with Gasteiger partial charge in [0.25, 0.3) is 0 Å². The van der Waals surface area contributed by atoms with E-state index in [1.807, 2.05) is 0 Å². The van der Waals surface area contributed by atoms with Crippen molar-refractivity contribution in [3.8, 4) is 0 Å². The van der Waals surface area contributed by atoms with E-state index in [2.05, 4.69) is 4.90 Å². The largest absolute Gasteiger partial charge is 0.395 e. The van der Waals surface area contributed by atoms with Gasteiger partial charge in [-0.25, -0.2) is 0 Å². The predicted octanol–water partition coefficient (Wildman–Crippen LogP) is -0.0834. The second-order valence-electron chi connectivity index (χ2n) is 1.91. The minimum atomic E-state index is 0.251. The van der Waals surface area contributed by atoms with Crippen molar-refractivity contribution in [1.29, 1.82) is 0 Å². The first-order valence-electron chi connectivity index (χ1n) is 3.01. The first-order valence-corrected chi connectivity index (χ1v) is 3.92. The van der Waals surface area contributed by atoms with Crippen LogP contribution in [0.4, 0.5) is 0 Å². The molecule has 1 N–H and O–H groups in total. The lowest BCUT2D eigenvalue weighted by atomic mass is 10.5. The third kappa shape index (κ3) is 2.53. The van der Waals surface area contributed by atoms with Gasteiger partial charge in [-0.15, -0.1) is 0 Å². The molecule has 1 aliphatic heterocycles. The summed E-state index contributed by atoms with van der Waals surface area (Å²) < 4.78 is 5.04. The second-order valence-corrected chi connectivity index (χ2v) is 2.64. The molecule has 1 saturated heterocycles. The van der Waals surface area contributed by atoms with Crippen LogP contribution in [0.1, 0.15) is 0 Å². The van der Waals surface area contributed by atoms with Gasteiger partial charge in [-0.1, -0.05) is 0 Å².